The van der Waals surface area contributed by atoms with Crippen molar-refractivity contribution in [2.75, 3.05) is 11.5 Å². The van der Waals surface area contributed by atoms with Crippen molar-refractivity contribution in [3.63, 3.8) is 0 Å². The number of oxazole rings is 1. The van der Waals surface area contributed by atoms with Crippen LogP contribution in [-0.4, -0.2) is 19.9 Å². The van der Waals surface area contributed by atoms with Gasteiger partial charge >= 0.3 is 0 Å². The van der Waals surface area contributed by atoms with Crippen LogP contribution in [0.1, 0.15) is 0 Å². The Morgan fingerprint density at radius 2 is 1.65 bits per heavy atom. The van der Waals surface area contributed by atoms with E-state index in [9.17, 15) is 0 Å². The van der Waals surface area contributed by atoms with Gasteiger partial charge in [0.25, 0.3) is 5.22 Å². The Hall–Kier alpha value is -2.61. The highest BCUT2D eigenvalue weighted by molar-refractivity contribution is 7.98. The number of anilines is 2. The number of nitrogen functional groups attached to an aromatic ring is 2. The van der Waals surface area contributed by atoms with E-state index >= 15 is 0 Å². The molecule has 0 fully saturated rings. The second-order valence-corrected chi connectivity index (χ2v) is 4.71. The highest BCUT2D eigenvalue weighted by Gasteiger charge is 2.10. The zero-order valence-electron chi connectivity index (χ0n) is 10.2. The van der Waals surface area contributed by atoms with Gasteiger partial charge in [0.1, 0.15) is 0 Å². The zero-order valence-corrected chi connectivity index (χ0v) is 11.0. The number of benzene rings is 1. The molecule has 0 spiro atoms. The molecule has 0 unspecified atom stereocenters. The maximum absolute atomic E-state index is 5.62. The van der Waals surface area contributed by atoms with Gasteiger partial charge in [-0.1, -0.05) is 30.3 Å². The van der Waals surface area contributed by atoms with Crippen LogP contribution < -0.4 is 11.5 Å². The van der Waals surface area contributed by atoms with Gasteiger partial charge in [0, 0.05) is 17.3 Å². The SMILES string of the molecule is Nc1nc(N)nc(Sc2ncc(-c3ccccc3)o2)n1. The third kappa shape index (κ3) is 2.69. The molecule has 4 N–H and O–H groups in total. The number of hydrogen-bond donors (Lipinski definition) is 2. The van der Waals surface area contributed by atoms with E-state index in [1.54, 1.807) is 6.20 Å². The predicted molar refractivity (Wildman–Crippen MR) is 74.7 cm³/mol. The second kappa shape index (κ2) is 5.17. The summed E-state index contributed by atoms with van der Waals surface area (Å²) in [5.74, 6) is 0.799. The van der Waals surface area contributed by atoms with Crippen molar-refractivity contribution in [3.05, 3.63) is 36.5 Å². The van der Waals surface area contributed by atoms with E-state index in [1.807, 2.05) is 30.3 Å². The molecular weight excluding hydrogens is 276 g/mol. The summed E-state index contributed by atoms with van der Waals surface area (Å²) < 4.78 is 5.62. The minimum absolute atomic E-state index is 0.0647. The molecule has 2 aromatic heterocycles. The van der Waals surface area contributed by atoms with E-state index in [4.69, 9.17) is 15.9 Å². The minimum atomic E-state index is 0.0647. The quantitative estimate of drug-likeness (QED) is 0.749. The van der Waals surface area contributed by atoms with Crippen molar-refractivity contribution in [2.24, 2.45) is 0 Å². The number of nitrogens with two attached hydrogens (primary N) is 2. The lowest BCUT2D eigenvalue weighted by atomic mass is 10.2. The molecular formula is C12H10N6OS. The molecule has 8 heteroatoms. The second-order valence-electron chi connectivity index (χ2n) is 3.79. The topological polar surface area (TPSA) is 117 Å². The van der Waals surface area contributed by atoms with Crippen molar-refractivity contribution in [2.45, 2.75) is 10.4 Å². The van der Waals surface area contributed by atoms with E-state index in [0.29, 0.717) is 16.1 Å². The fraction of sp³-hybridized carbons (Fsp3) is 0. The van der Waals surface area contributed by atoms with Crippen molar-refractivity contribution in [3.8, 4) is 11.3 Å². The number of rotatable bonds is 3. The van der Waals surface area contributed by atoms with Crippen LogP contribution in [0.25, 0.3) is 11.3 Å². The molecule has 3 rings (SSSR count). The first-order valence-electron chi connectivity index (χ1n) is 5.67. The van der Waals surface area contributed by atoms with Gasteiger partial charge in [0.05, 0.1) is 6.20 Å². The summed E-state index contributed by atoms with van der Waals surface area (Å²) in [5.41, 5.74) is 12.0. The molecule has 0 radical (unpaired) electrons. The molecule has 0 saturated carbocycles. The Balaban J connectivity index is 1.84. The monoisotopic (exact) mass is 286 g/mol. The predicted octanol–water partition coefficient (Wildman–Crippen LogP) is 1.84. The third-order valence-electron chi connectivity index (χ3n) is 2.37. The summed E-state index contributed by atoms with van der Waals surface area (Å²) in [6, 6.07) is 9.67. The van der Waals surface area contributed by atoms with Crippen LogP contribution in [0.15, 0.2) is 51.3 Å². The smallest absolute Gasteiger partial charge is 0.264 e. The van der Waals surface area contributed by atoms with E-state index in [0.717, 1.165) is 17.3 Å². The number of aromatic nitrogens is 4. The molecule has 2 heterocycles. The van der Waals surface area contributed by atoms with Gasteiger partial charge in [-0.05, 0) is 0 Å². The molecule has 0 aliphatic carbocycles. The van der Waals surface area contributed by atoms with Gasteiger partial charge in [-0.2, -0.15) is 15.0 Å². The summed E-state index contributed by atoms with van der Waals surface area (Å²) >= 11 is 1.13. The average Bonchev–Trinajstić information content (AvgIpc) is 2.87. The first kappa shape index (κ1) is 12.4. The molecule has 7 nitrogen and oxygen atoms in total. The van der Waals surface area contributed by atoms with Crippen LogP contribution in [0.5, 0.6) is 0 Å². The number of hydrogen-bond acceptors (Lipinski definition) is 8. The molecule has 0 atom stereocenters. The lowest BCUT2D eigenvalue weighted by Crippen LogP contribution is -2.03. The largest absolute Gasteiger partial charge is 0.431 e. The van der Waals surface area contributed by atoms with E-state index in [-0.39, 0.29) is 11.9 Å². The fourth-order valence-corrected chi connectivity index (χ4v) is 2.22. The molecule has 3 aromatic rings. The highest BCUT2D eigenvalue weighted by Crippen LogP contribution is 2.28. The Morgan fingerprint density at radius 1 is 0.950 bits per heavy atom. The molecule has 0 amide bonds. The molecule has 0 aliphatic rings. The molecule has 0 saturated heterocycles. The van der Waals surface area contributed by atoms with Gasteiger partial charge < -0.3 is 15.9 Å². The normalized spacial score (nSPS) is 10.6. The molecule has 20 heavy (non-hydrogen) atoms. The van der Waals surface area contributed by atoms with Crippen molar-refractivity contribution in [1.82, 2.24) is 19.9 Å². The van der Waals surface area contributed by atoms with Crippen LogP contribution >= 0.6 is 11.8 Å². The van der Waals surface area contributed by atoms with Gasteiger partial charge in [0.15, 0.2) is 5.76 Å². The number of nitrogens with zero attached hydrogens (tertiary/aromatic N) is 4. The van der Waals surface area contributed by atoms with Gasteiger partial charge in [-0.15, -0.1) is 0 Å². The minimum Gasteiger partial charge on any atom is -0.431 e. The summed E-state index contributed by atoms with van der Waals surface area (Å²) in [6.45, 7) is 0. The average molecular weight is 286 g/mol. The molecule has 0 aliphatic heterocycles. The fourth-order valence-electron chi connectivity index (χ4n) is 1.55. The van der Waals surface area contributed by atoms with E-state index < -0.39 is 0 Å². The maximum Gasteiger partial charge on any atom is 0.264 e. The summed E-state index contributed by atoms with van der Waals surface area (Å²) in [5, 5.41) is 0.755. The summed E-state index contributed by atoms with van der Waals surface area (Å²) in [6.07, 6.45) is 1.64. The Kier molecular flexibility index (Phi) is 3.21. The van der Waals surface area contributed by atoms with Gasteiger partial charge in [0.2, 0.25) is 17.1 Å². The van der Waals surface area contributed by atoms with Crippen LogP contribution in [0, 0.1) is 0 Å². The van der Waals surface area contributed by atoms with Gasteiger partial charge in [-0.25, -0.2) is 4.98 Å². The highest BCUT2D eigenvalue weighted by atomic mass is 32.2. The van der Waals surface area contributed by atoms with E-state index in [2.05, 4.69) is 19.9 Å². The zero-order chi connectivity index (χ0) is 13.9. The van der Waals surface area contributed by atoms with E-state index in [1.165, 1.54) is 0 Å². The van der Waals surface area contributed by atoms with Crippen LogP contribution in [0.3, 0.4) is 0 Å². The van der Waals surface area contributed by atoms with Crippen LogP contribution in [0.4, 0.5) is 11.9 Å². The standard InChI is InChI=1S/C12H10N6OS/c13-9-16-10(14)18-11(17-9)20-12-15-6-8(19-12)7-4-2-1-3-5-7/h1-6H,(H4,13,14,16,17,18). The molecule has 1 aromatic carbocycles. The molecule has 0 bridgehead atoms. The van der Waals surface area contributed by atoms with Crippen molar-refractivity contribution >= 4 is 23.7 Å². The Labute approximate surface area is 118 Å². The Bertz CT molecular complexity index is 710. The van der Waals surface area contributed by atoms with Crippen LogP contribution in [0.2, 0.25) is 0 Å². The Morgan fingerprint density at radius 3 is 2.35 bits per heavy atom. The maximum atomic E-state index is 5.62. The van der Waals surface area contributed by atoms with Crippen molar-refractivity contribution < 1.29 is 4.42 Å². The first-order chi connectivity index (χ1) is 9.70. The van der Waals surface area contributed by atoms with Gasteiger partial charge in [-0.3, -0.25) is 0 Å². The lowest BCUT2D eigenvalue weighted by molar-refractivity contribution is 0.465. The first-order valence-corrected chi connectivity index (χ1v) is 6.48. The third-order valence-corrected chi connectivity index (χ3v) is 3.10. The summed E-state index contributed by atoms with van der Waals surface area (Å²) in [4.78, 5) is 15.8. The lowest BCUT2D eigenvalue weighted by Gasteiger charge is -1.98. The molecule has 100 valence electrons. The van der Waals surface area contributed by atoms with Crippen molar-refractivity contribution in [1.29, 1.82) is 0 Å². The summed E-state index contributed by atoms with van der Waals surface area (Å²) in [7, 11) is 0. The van der Waals surface area contributed by atoms with Crippen LogP contribution in [-0.2, 0) is 0 Å².